The van der Waals surface area contributed by atoms with E-state index < -0.39 is 12.0 Å². The Balaban J connectivity index is 3.14. The second kappa shape index (κ2) is 7.06. The van der Waals surface area contributed by atoms with Gasteiger partial charge in [-0.1, -0.05) is 6.92 Å². The van der Waals surface area contributed by atoms with Crippen LogP contribution < -0.4 is 11.1 Å². The minimum Gasteiger partial charge on any atom is -0.367 e. The zero-order valence-corrected chi connectivity index (χ0v) is 7.80. The molecule has 1 amide bonds. The van der Waals surface area contributed by atoms with Gasteiger partial charge in [-0.05, 0) is 19.9 Å². The Labute approximate surface area is 73.5 Å². The molecule has 0 aliphatic rings. The van der Waals surface area contributed by atoms with E-state index in [4.69, 9.17) is 10.5 Å². The first-order valence-electron chi connectivity index (χ1n) is 4.30. The van der Waals surface area contributed by atoms with Gasteiger partial charge in [0.1, 0.15) is 6.10 Å². The molecule has 0 aromatic rings. The van der Waals surface area contributed by atoms with Crippen LogP contribution in [0, 0.1) is 0 Å². The third-order valence-electron chi connectivity index (χ3n) is 1.47. The van der Waals surface area contributed by atoms with Crippen LogP contribution in [0.3, 0.4) is 0 Å². The standard InChI is InChI=1S/C8H18N2O2/c1-3-4-10-5-6-12-7(2)8(9)11/h7,10H,3-6H2,1-2H3,(H2,9,11). The highest BCUT2D eigenvalue weighted by Gasteiger charge is 2.06. The molecule has 1 unspecified atom stereocenters. The summed E-state index contributed by atoms with van der Waals surface area (Å²) in [6.07, 6.45) is 0.624. The molecule has 0 heterocycles. The summed E-state index contributed by atoms with van der Waals surface area (Å²) in [5.41, 5.74) is 4.99. The quantitative estimate of drug-likeness (QED) is 0.529. The number of hydrogen-bond donors (Lipinski definition) is 2. The summed E-state index contributed by atoms with van der Waals surface area (Å²) in [6, 6.07) is 0. The maximum Gasteiger partial charge on any atom is 0.246 e. The molecule has 0 rings (SSSR count). The molecule has 0 spiro atoms. The maximum atomic E-state index is 10.5. The van der Waals surface area contributed by atoms with Crippen molar-refractivity contribution in [3.63, 3.8) is 0 Å². The third kappa shape index (κ3) is 6.12. The molecular formula is C8H18N2O2. The molecule has 1 atom stereocenters. The topological polar surface area (TPSA) is 64.3 Å². The molecule has 0 aromatic heterocycles. The second-order valence-electron chi connectivity index (χ2n) is 2.67. The predicted octanol–water partition coefficient (Wildman–Crippen LogP) is -0.124. The van der Waals surface area contributed by atoms with Crippen LogP contribution in [0.2, 0.25) is 0 Å². The first-order chi connectivity index (χ1) is 5.68. The molecular weight excluding hydrogens is 156 g/mol. The highest BCUT2D eigenvalue weighted by atomic mass is 16.5. The molecule has 4 nitrogen and oxygen atoms in total. The van der Waals surface area contributed by atoms with Crippen molar-refractivity contribution in [2.24, 2.45) is 5.73 Å². The molecule has 0 fully saturated rings. The van der Waals surface area contributed by atoms with E-state index in [-0.39, 0.29) is 0 Å². The number of primary amides is 1. The van der Waals surface area contributed by atoms with Crippen molar-refractivity contribution in [2.75, 3.05) is 19.7 Å². The average Bonchev–Trinajstić information content (AvgIpc) is 2.03. The van der Waals surface area contributed by atoms with Gasteiger partial charge < -0.3 is 15.8 Å². The maximum absolute atomic E-state index is 10.5. The molecule has 0 bridgehead atoms. The fourth-order valence-corrected chi connectivity index (χ4v) is 0.692. The van der Waals surface area contributed by atoms with Gasteiger partial charge in [0.15, 0.2) is 0 Å². The Morgan fingerprint density at radius 1 is 1.58 bits per heavy atom. The minimum absolute atomic E-state index is 0.412. The lowest BCUT2D eigenvalue weighted by Crippen LogP contribution is -2.31. The Bertz CT molecular complexity index is 128. The van der Waals surface area contributed by atoms with Crippen molar-refractivity contribution >= 4 is 5.91 Å². The van der Waals surface area contributed by atoms with Crippen molar-refractivity contribution in [1.82, 2.24) is 5.32 Å². The molecule has 0 aromatic carbocycles. The van der Waals surface area contributed by atoms with Gasteiger partial charge in [-0.15, -0.1) is 0 Å². The number of ether oxygens (including phenoxy) is 1. The lowest BCUT2D eigenvalue weighted by Gasteiger charge is -2.09. The van der Waals surface area contributed by atoms with Gasteiger partial charge in [0.05, 0.1) is 6.61 Å². The van der Waals surface area contributed by atoms with Gasteiger partial charge >= 0.3 is 0 Å². The minimum atomic E-state index is -0.478. The van der Waals surface area contributed by atoms with E-state index in [1.165, 1.54) is 0 Å². The van der Waals surface area contributed by atoms with E-state index in [0.717, 1.165) is 19.5 Å². The summed E-state index contributed by atoms with van der Waals surface area (Å²) in [6.45, 7) is 6.03. The van der Waals surface area contributed by atoms with Gasteiger partial charge in [-0.2, -0.15) is 0 Å². The SMILES string of the molecule is CCCNCCOC(C)C(N)=O. The smallest absolute Gasteiger partial charge is 0.246 e. The fraction of sp³-hybridized carbons (Fsp3) is 0.875. The van der Waals surface area contributed by atoms with Crippen molar-refractivity contribution in [1.29, 1.82) is 0 Å². The zero-order chi connectivity index (χ0) is 9.40. The lowest BCUT2D eigenvalue weighted by molar-refractivity contribution is -0.128. The van der Waals surface area contributed by atoms with E-state index in [1.54, 1.807) is 6.92 Å². The average molecular weight is 174 g/mol. The molecule has 0 saturated carbocycles. The van der Waals surface area contributed by atoms with Crippen molar-refractivity contribution in [2.45, 2.75) is 26.4 Å². The second-order valence-corrected chi connectivity index (χ2v) is 2.67. The molecule has 0 aliphatic carbocycles. The first kappa shape index (κ1) is 11.4. The number of nitrogens with two attached hydrogens (primary N) is 1. The van der Waals surface area contributed by atoms with Gasteiger partial charge in [0.2, 0.25) is 5.91 Å². The highest BCUT2D eigenvalue weighted by Crippen LogP contribution is 1.86. The monoisotopic (exact) mass is 174 g/mol. The zero-order valence-electron chi connectivity index (χ0n) is 7.80. The molecule has 0 aliphatic heterocycles. The summed E-state index contributed by atoms with van der Waals surface area (Å²) in [7, 11) is 0. The number of carbonyl (C=O) groups excluding carboxylic acids is 1. The van der Waals surface area contributed by atoms with E-state index >= 15 is 0 Å². The Kier molecular flexibility index (Phi) is 6.70. The van der Waals surface area contributed by atoms with E-state index in [9.17, 15) is 4.79 Å². The molecule has 0 saturated heterocycles. The first-order valence-corrected chi connectivity index (χ1v) is 4.30. The van der Waals surface area contributed by atoms with Crippen molar-refractivity contribution < 1.29 is 9.53 Å². The molecule has 12 heavy (non-hydrogen) atoms. The number of rotatable bonds is 7. The summed E-state index contributed by atoms with van der Waals surface area (Å²) in [5.74, 6) is -0.412. The molecule has 4 heteroatoms. The number of carbonyl (C=O) groups is 1. The Morgan fingerprint density at radius 3 is 2.75 bits per heavy atom. The number of hydrogen-bond acceptors (Lipinski definition) is 3. The van der Waals surface area contributed by atoms with Crippen LogP contribution in [0.4, 0.5) is 0 Å². The largest absolute Gasteiger partial charge is 0.367 e. The molecule has 0 radical (unpaired) electrons. The highest BCUT2D eigenvalue weighted by molar-refractivity contribution is 5.78. The van der Waals surface area contributed by atoms with Gasteiger partial charge in [0.25, 0.3) is 0 Å². The number of amides is 1. The van der Waals surface area contributed by atoms with E-state index in [0.29, 0.717) is 6.61 Å². The Hall–Kier alpha value is -0.610. The summed E-state index contributed by atoms with van der Waals surface area (Å²) >= 11 is 0. The Morgan fingerprint density at radius 2 is 2.25 bits per heavy atom. The van der Waals surface area contributed by atoms with Crippen molar-refractivity contribution in [3.8, 4) is 0 Å². The number of nitrogens with one attached hydrogen (secondary N) is 1. The summed E-state index contributed by atoms with van der Waals surface area (Å²) in [4.78, 5) is 10.5. The van der Waals surface area contributed by atoms with Gasteiger partial charge in [0, 0.05) is 6.54 Å². The van der Waals surface area contributed by atoms with Crippen LogP contribution in [0.1, 0.15) is 20.3 Å². The van der Waals surface area contributed by atoms with Crippen LogP contribution in [0.25, 0.3) is 0 Å². The van der Waals surface area contributed by atoms with E-state index in [1.807, 2.05) is 0 Å². The summed E-state index contributed by atoms with van der Waals surface area (Å²) in [5, 5.41) is 3.15. The van der Waals surface area contributed by atoms with E-state index in [2.05, 4.69) is 12.2 Å². The normalized spacial score (nSPS) is 12.8. The van der Waals surface area contributed by atoms with Crippen LogP contribution in [0.5, 0.6) is 0 Å². The molecule has 3 N–H and O–H groups in total. The fourth-order valence-electron chi connectivity index (χ4n) is 0.692. The summed E-state index contributed by atoms with van der Waals surface area (Å²) < 4.78 is 5.11. The van der Waals surface area contributed by atoms with Gasteiger partial charge in [-0.25, -0.2) is 0 Å². The predicted molar refractivity (Wildman–Crippen MR) is 47.8 cm³/mol. The van der Waals surface area contributed by atoms with Crippen LogP contribution in [-0.2, 0) is 9.53 Å². The van der Waals surface area contributed by atoms with Crippen LogP contribution in [-0.4, -0.2) is 31.7 Å². The lowest BCUT2D eigenvalue weighted by atomic mass is 10.4. The van der Waals surface area contributed by atoms with Crippen molar-refractivity contribution in [3.05, 3.63) is 0 Å². The third-order valence-corrected chi connectivity index (χ3v) is 1.47. The van der Waals surface area contributed by atoms with Crippen LogP contribution >= 0.6 is 0 Å². The van der Waals surface area contributed by atoms with Crippen LogP contribution in [0.15, 0.2) is 0 Å². The molecule has 72 valence electrons. The van der Waals surface area contributed by atoms with Gasteiger partial charge in [-0.3, -0.25) is 4.79 Å².